The van der Waals surface area contributed by atoms with Gasteiger partial charge in [0.1, 0.15) is 0 Å². The van der Waals surface area contributed by atoms with E-state index in [0.29, 0.717) is 31.8 Å². The lowest BCUT2D eigenvalue weighted by Crippen LogP contribution is -2.16. The average molecular weight is 302 g/mol. The molecule has 0 amide bonds. The molecule has 6 heteroatoms. The summed E-state index contributed by atoms with van der Waals surface area (Å²) in [5.41, 5.74) is 0.889. The van der Waals surface area contributed by atoms with E-state index in [1.165, 1.54) is 4.80 Å². The first-order chi connectivity index (χ1) is 10.4. The van der Waals surface area contributed by atoms with Crippen LogP contribution in [0.2, 0.25) is 0 Å². The van der Waals surface area contributed by atoms with Gasteiger partial charge in [-0.2, -0.15) is 4.80 Å². The van der Waals surface area contributed by atoms with Gasteiger partial charge in [-0.15, -0.1) is 10.2 Å². The predicted molar refractivity (Wildman–Crippen MR) is 82.9 cm³/mol. The van der Waals surface area contributed by atoms with Gasteiger partial charge in [-0.05, 0) is 10.6 Å². The maximum absolute atomic E-state index is 11.6. The van der Waals surface area contributed by atoms with E-state index in [4.69, 9.17) is 4.74 Å². The minimum atomic E-state index is -0.163. The highest BCUT2D eigenvalue weighted by Crippen LogP contribution is 2.18. The second-order valence-electron chi connectivity index (χ2n) is 6.39. The average Bonchev–Trinajstić information content (AvgIpc) is 2.91. The molecule has 0 N–H and O–H groups in total. The zero-order valence-electron chi connectivity index (χ0n) is 13.3. The van der Waals surface area contributed by atoms with Gasteiger partial charge in [-0.3, -0.25) is 4.79 Å². The number of carbonyl (C=O) groups is 1. The molecule has 1 heterocycles. The number of aromatic nitrogens is 4. The van der Waals surface area contributed by atoms with Crippen molar-refractivity contribution >= 4 is 5.97 Å². The Kier molecular flexibility index (Phi) is 5.25. The van der Waals surface area contributed by atoms with E-state index in [-0.39, 0.29) is 11.4 Å². The van der Waals surface area contributed by atoms with Crippen molar-refractivity contribution < 1.29 is 9.53 Å². The van der Waals surface area contributed by atoms with Crippen LogP contribution in [-0.2, 0) is 16.1 Å². The molecule has 118 valence electrons. The lowest BCUT2D eigenvalue weighted by molar-refractivity contribution is -0.145. The molecule has 0 aliphatic carbocycles. The van der Waals surface area contributed by atoms with Gasteiger partial charge in [0.25, 0.3) is 0 Å². The number of hydrogen-bond donors (Lipinski definition) is 0. The van der Waals surface area contributed by atoms with E-state index in [9.17, 15) is 4.79 Å². The number of hydrogen-bond acceptors (Lipinski definition) is 5. The van der Waals surface area contributed by atoms with Gasteiger partial charge in [-0.25, -0.2) is 0 Å². The van der Waals surface area contributed by atoms with Crippen molar-refractivity contribution in [1.29, 1.82) is 0 Å². The largest absolute Gasteiger partial charge is 0.466 e. The zero-order chi connectivity index (χ0) is 16.0. The van der Waals surface area contributed by atoms with Crippen molar-refractivity contribution in [2.75, 3.05) is 6.61 Å². The Labute approximate surface area is 130 Å². The predicted octanol–water partition coefficient (Wildman–Crippen LogP) is 2.71. The molecule has 0 fully saturated rings. The first-order valence-corrected chi connectivity index (χ1v) is 7.43. The summed E-state index contributed by atoms with van der Waals surface area (Å²) in [6.07, 6.45) is 1.09. The Morgan fingerprint density at radius 1 is 1.23 bits per heavy atom. The maximum Gasteiger partial charge on any atom is 0.306 e. The minimum absolute atomic E-state index is 0.0465. The van der Waals surface area contributed by atoms with E-state index >= 15 is 0 Å². The second kappa shape index (κ2) is 7.15. The van der Waals surface area contributed by atoms with Gasteiger partial charge in [0.15, 0.2) is 0 Å². The molecule has 0 atom stereocenters. The molecule has 22 heavy (non-hydrogen) atoms. The summed E-state index contributed by atoms with van der Waals surface area (Å²) in [6, 6.07) is 9.69. The highest BCUT2D eigenvalue weighted by molar-refractivity contribution is 5.70. The molecule has 2 rings (SSSR count). The van der Waals surface area contributed by atoms with Crippen LogP contribution in [0.5, 0.6) is 0 Å². The van der Waals surface area contributed by atoms with Gasteiger partial charge in [0, 0.05) is 12.0 Å². The molecule has 0 aliphatic heterocycles. The number of rotatable bonds is 6. The third kappa shape index (κ3) is 5.27. The number of tetrazole rings is 1. The number of benzene rings is 1. The molecular formula is C16H22N4O2. The van der Waals surface area contributed by atoms with Gasteiger partial charge >= 0.3 is 5.97 Å². The molecule has 2 aromatic rings. The summed E-state index contributed by atoms with van der Waals surface area (Å²) in [5, 5.41) is 12.3. The van der Waals surface area contributed by atoms with Crippen LogP contribution >= 0.6 is 0 Å². The van der Waals surface area contributed by atoms with Crippen molar-refractivity contribution in [3.8, 4) is 11.4 Å². The van der Waals surface area contributed by atoms with Crippen LogP contribution in [0.15, 0.2) is 30.3 Å². The molecule has 0 radical (unpaired) electrons. The molecular weight excluding hydrogens is 280 g/mol. The van der Waals surface area contributed by atoms with E-state index in [2.05, 4.69) is 15.4 Å². The highest BCUT2D eigenvalue weighted by Gasteiger charge is 2.16. The molecule has 0 bridgehead atoms. The fourth-order valence-electron chi connectivity index (χ4n) is 1.92. The summed E-state index contributed by atoms with van der Waals surface area (Å²) >= 11 is 0. The van der Waals surface area contributed by atoms with Crippen LogP contribution in [0.1, 0.15) is 33.6 Å². The molecule has 6 nitrogen and oxygen atoms in total. The summed E-state index contributed by atoms with van der Waals surface area (Å²) in [6.45, 7) is 6.98. The lowest BCUT2D eigenvalue weighted by atomic mass is 9.92. The van der Waals surface area contributed by atoms with E-state index in [0.717, 1.165) is 5.56 Å². The fraction of sp³-hybridized carbons (Fsp3) is 0.500. The van der Waals surface area contributed by atoms with Gasteiger partial charge < -0.3 is 4.74 Å². The number of nitrogens with zero attached hydrogens (tertiary/aromatic N) is 4. The Bertz CT molecular complexity index is 602. The first kappa shape index (κ1) is 16.1. The summed E-state index contributed by atoms with van der Waals surface area (Å²) in [5.74, 6) is 0.439. The van der Waals surface area contributed by atoms with Crippen molar-refractivity contribution in [2.45, 2.75) is 40.2 Å². The Balaban J connectivity index is 1.74. The van der Waals surface area contributed by atoms with Crippen LogP contribution < -0.4 is 0 Å². The standard InChI is InChI=1S/C16H22N4O2/c1-16(2,3)12-14(21)22-11-7-10-20-18-15(17-19-20)13-8-5-4-6-9-13/h4-6,8-9H,7,10-12H2,1-3H3. The molecule has 0 saturated heterocycles. The molecule has 1 aromatic carbocycles. The van der Waals surface area contributed by atoms with Crippen LogP contribution in [0, 0.1) is 5.41 Å². The summed E-state index contributed by atoms with van der Waals surface area (Å²) in [7, 11) is 0. The third-order valence-corrected chi connectivity index (χ3v) is 2.92. The molecule has 0 aliphatic rings. The lowest BCUT2D eigenvalue weighted by Gasteiger charge is -2.16. The van der Waals surface area contributed by atoms with Crippen LogP contribution in [0.4, 0.5) is 0 Å². The smallest absolute Gasteiger partial charge is 0.306 e. The van der Waals surface area contributed by atoms with Crippen molar-refractivity contribution in [2.24, 2.45) is 5.41 Å². The number of aryl methyl sites for hydroxylation is 1. The van der Waals surface area contributed by atoms with Crippen LogP contribution in [-0.4, -0.2) is 32.8 Å². The molecule has 1 aromatic heterocycles. The SMILES string of the molecule is CC(C)(C)CC(=O)OCCCn1nnc(-c2ccccc2)n1. The van der Waals surface area contributed by atoms with Gasteiger partial charge in [0.2, 0.25) is 5.82 Å². The molecule has 0 spiro atoms. The fourth-order valence-corrected chi connectivity index (χ4v) is 1.92. The Hall–Kier alpha value is -2.24. The van der Waals surface area contributed by atoms with E-state index in [1.807, 2.05) is 51.1 Å². The number of ether oxygens (including phenoxy) is 1. The maximum atomic E-state index is 11.6. The topological polar surface area (TPSA) is 69.9 Å². The van der Waals surface area contributed by atoms with E-state index < -0.39 is 0 Å². The van der Waals surface area contributed by atoms with Gasteiger partial charge in [-0.1, -0.05) is 51.1 Å². The van der Waals surface area contributed by atoms with Crippen molar-refractivity contribution in [3.63, 3.8) is 0 Å². The normalized spacial score (nSPS) is 11.4. The number of carbonyl (C=O) groups excluding carboxylic acids is 1. The van der Waals surface area contributed by atoms with E-state index in [1.54, 1.807) is 0 Å². The first-order valence-electron chi connectivity index (χ1n) is 7.43. The second-order valence-corrected chi connectivity index (χ2v) is 6.39. The highest BCUT2D eigenvalue weighted by atomic mass is 16.5. The Morgan fingerprint density at radius 2 is 1.95 bits per heavy atom. The van der Waals surface area contributed by atoms with Crippen LogP contribution in [0.3, 0.4) is 0 Å². The Morgan fingerprint density at radius 3 is 2.64 bits per heavy atom. The molecule has 0 saturated carbocycles. The third-order valence-electron chi connectivity index (χ3n) is 2.92. The van der Waals surface area contributed by atoms with Crippen LogP contribution in [0.25, 0.3) is 11.4 Å². The van der Waals surface area contributed by atoms with Gasteiger partial charge in [0.05, 0.1) is 19.6 Å². The zero-order valence-corrected chi connectivity index (χ0v) is 13.3. The monoisotopic (exact) mass is 302 g/mol. The van der Waals surface area contributed by atoms with Crippen molar-refractivity contribution in [3.05, 3.63) is 30.3 Å². The minimum Gasteiger partial charge on any atom is -0.466 e. The molecule has 0 unspecified atom stereocenters. The quantitative estimate of drug-likeness (QED) is 0.606. The summed E-state index contributed by atoms with van der Waals surface area (Å²) in [4.78, 5) is 13.1. The summed E-state index contributed by atoms with van der Waals surface area (Å²) < 4.78 is 5.20. The number of esters is 1. The van der Waals surface area contributed by atoms with Crippen molar-refractivity contribution in [1.82, 2.24) is 20.2 Å².